The second kappa shape index (κ2) is 9.02. The Morgan fingerprint density at radius 3 is 2.68 bits per heavy atom. The van der Waals surface area contributed by atoms with Crippen molar-refractivity contribution < 1.29 is 9.00 Å². The lowest BCUT2D eigenvalue weighted by Gasteiger charge is -2.31. The molecule has 1 saturated carbocycles. The molecule has 2 aliphatic rings. The van der Waals surface area contributed by atoms with E-state index in [0.717, 1.165) is 44.5 Å². The van der Waals surface area contributed by atoms with Crippen molar-refractivity contribution in [3.05, 3.63) is 0 Å². The molecule has 0 bridgehead atoms. The van der Waals surface area contributed by atoms with Gasteiger partial charge in [0.15, 0.2) is 0 Å². The van der Waals surface area contributed by atoms with E-state index in [1.165, 1.54) is 12.8 Å². The van der Waals surface area contributed by atoms with Crippen molar-refractivity contribution in [2.45, 2.75) is 70.1 Å². The molecule has 4 nitrogen and oxygen atoms in total. The Balaban J connectivity index is 1.75. The Kier molecular flexibility index (Phi) is 7.35. The molecule has 0 aromatic heterocycles. The average Bonchev–Trinajstić information content (AvgIpc) is 2.55. The van der Waals surface area contributed by atoms with Crippen LogP contribution in [0, 0.1) is 11.8 Å². The van der Waals surface area contributed by atoms with Crippen LogP contribution in [-0.2, 0) is 15.6 Å². The summed E-state index contributed by atoms with van der Waals surface area (Å²) < 4.78 is 12.0. The largest absolute Gasteiger partial charge is 0.353 e. The smallest absolute Gasteiger partial charge is 0.220 e. The minimum atomic E-state index is -0.722. The summed E-state index contributed by atoms with van der Waals surface area (Å²) in [5.41, 5.74) is 0. The highest BCUT2D eigenvalue weighted by Crippen LogP contribution is 2.26. The number of amides is 1. The number of rotatable bonds is 6. The lowest BCUT2D eigenvalue weighted by Crippen LogP contribution is -2.42. The van der Waals surface area contributed by atoms with E-state index >= 15 is 0 Å². The van der Waals surface area contributed by atoms with Crippen molar-refractivity contribution in [2.24, 2.45) is 11.8 Å². The van der Waals surface area contributed by atoms with Crippen LogP contribution in [0.15, 0.2) is 0 Å². The first-order valence-electron chi connectivity index (χ1n) is 8.97. The fraction of sp³-hybridized carbons (Fsp3) is 0.941. The van der Waals surface area contributed by atoms with Gasteiger partial charge in [0, 0.05) is 34.3 Å². The Bertz CT molecular complexity index is 383. The summed E-state index contributed by atoms with van der Waals surface area (Å²) in [6, 6.07) is 0.238. The highest BCUT2D eigenvalue weighted by Gasteiger charge is 2.28. The number of hydrogen-bond acceptors (Lipinski definition) is 3. The lowest BCUT2D eigenvalue weighted by molar-refractivity contribution is -0.123. The summed E-state index contributed by atoms with van der Waals surface area (Å²) in [5.74, 6) is 2.07. The zero-order valence-corrected chi connectivity index (χ0v) is 14.9. The summed E-state index contributed by atoms with van der Waals surface area (Å²) >= 11 is 0. The van der Waals surface area contributed by atoms with Gasteiger partial charge in [0.2, 0.25) is 5.91 Å². The van der Waals surface area contributed by atoms with Crippen molar-refractivity contribution in [3.8, 4) is 0 Å². The van der Waals surface area contributed by atoms with Gasteiger partial charge in [-0.25, -0.2) is 0 Å². The van der Waals surface area contributed by atoms with E-state index in [-0.39, 0.29) is 17.2 Å². The predicted octanol–water partition coefficient (Wildman–Crippen LogP) is 2.21. The average molecular weight is 329 g/mol. The van der Waals surface area contributed by atoms with Crippen LogP contribution in [0.2, 0.25) is 0 Å². The Morgan fingerprint density at radius 1 is 1.27 bits per heavy atom. The van der Waals surface area contributed by atoms with Crippen molar-refractivity contribution in [1.29, 1.82) is 0 Å². The predicted molar refractivity (Wildman–Crippen MR) is 92.2 cm³/mol. The molecule has 1 aliphatic carbocycles. The molecule has 2 rings (SSSR count). The summed E-state index contributed by atoms with van der Waals surface area (Å²) in [6.45, 7) is 6.37. The fourth-order valence-corrected chi connectivity index (χ4v) is 5.26. The number of carbonyl (C=O) groups excluding carboxylic acids is 1. The summed E-state index contributed by atoms with van der Waals surface area (Å²) in [5, 5.41) is 6.87. The van der Waals surface area contributed by atoms with Crippen LogP contribution in [0.4, 0.5) is 0 Å². The van der Waals surface area contributed by atoms with E-state index in [4.69, 9.17) is 0 Å². The molecule has 1 amide bonds. The monoisotopic (exact) mass is 328 g/mol. The number of piperidine rings is 1. The van der Waals surface area contributed by atoms with Crippen LogP contribution in [0.5, 0.6) is 0 Å². The zero-order valence-electron chi connectivity index (χ0n) is 14.1. The quantitative estimate of drug-likeness (QED) is 0.786. The third kappa shape index (κ3) is 5.34. The molecule has 22 heavy (non-hydrogen) atoms. The number of nitrogens with one attached hydrogen (secondary N) is 2. The topological polar surface area (TPSA) is 58.2 Å². The maximum atomic E-state index is 12.3. The van der Waals surface area contributed by atoms with Crippen LogP contribution >= 0.6 is 0 Å². The third-order valence-corrected chi connectivity index (χ3v) is 7.08. The van der Waals surface area contributed by atoms with Crippen molar-refractivity contribution in [1.82, 2.24) is 10.6 Å². The summed E-state index contributed by atoms with van der Waals surface area (Å²) in [4.78, 5) is 12.3. The maximum Gasteiger partial charge on any atom is 0.220 e. The molecule has 4 atom stereocenters. The van der Waals surface area contributed by atoms with Gasteiger partial charge in [0.25, 0.3) is 0 Å². The molecule has 1 aliphatic heterocycles. The van der Waals surface area contributed by atoms with Gasteiger partial charge in [-0.1, -0.05) is 20.3 Å². The molecule has 4 unspecified atom stereocenters. The first kappa shape index (κ1) is 17.9. The molecule has 2 fully saturated rings. The highest BCUT2D eigenvalue weighted by atomic mass is 32.2. The van der Waals surface area contributed by atoms with Gasteiger partial charge in [-0.3, -0.25) is 9.00 Å². The first-order valence-corrected chi connectivity index (χ1v) is 10.4. The lowest BCUT2D eigenvalue weighted by atomic mass is 9.84. The molecule has 0 aromatic carbocycles. The third-order valence-electron chi connectivity index (χ3n) is 5.34. The molecule has 0 spiro atoms. The van der Waals surface area contributed by atoms with Gasteiger partial charge in [-0.2, -0.15) is 0 Å². The van der Waals surface area contributed by atoms with Gasteiger partial charge in [0.1, 0.15) is 0 Å². The van der Waals surface area contributed by atoms with Gasteiger partial charge in [-0.05, 0) is 57.0 Å². The van der Waals surface area contributed by atoms with Crippen LogP contribution in [0.3, 0.4) is 0 Å². The zero-order chi connectivity index (χ0) is 15.9. The number of hydrogen-bond donors (Lipinski definition) is 2. The Morgan fingerprint density at radius 2 is 2.00 bits per heavy atom. The molecule has 0 radical (unpaired) electrons. The Hall–Kier alpha value is -0.420. The van der Waals surface area contributed by atoms with Gasteiger partial charge < -0.3 is 10.6 Å². The van der Waals surface area contributed by atoms with E-state index in [1.807, 2.05) is 6.92 Å². The second-order valence-corrected chi connectivity index (χ2v) is 9.00. The second-order valence-electron chi connectivity index (χ2n) is 6.99. The minimum absolute atomic E-state index is 0.193. The minimum Gasteiger partial charge on any atom is -0.353 e. The maximum absolute atomic E-state index is 12.3. The molecule has 1 heterocycles. The van der Waals surface area contributed by atoms with E-state index in [2.05, 4.69) is 17.6 Å². The van der Waals surface area contributed by atoms with E-state index < -0.39 is 10.8 Å². The molecule has 128 valence electrons. The van der Waals surface area contributed by atoms with E-state index in [0.29, 0.717) is 18.3 Å². The van der Waals surface area contributed by atoms with E-state index in [9.17, 15) is 9.00 Å². The van der Waals surface area contributed by atoms with Gasteiger partial charge in [0.05, 0.1) is 0 Å². The number of carbonyl (C=O) groups is 1. The SMILES string of the molecule is CCS(=O)C1CCCC(NC(=O)CC(C)C2CCNCC2)C1. The van der Waals surface area contributed by atoms with Gasteiger partial charge >= 0.3 is 0 Å². The molecular weight excluding hydrogens is 296 g/mol. The summed E-state index contributed by atoms with van der Waals surface area (Å²) in [6.07, 6.45) is 7.11. The van der Waals surface area contributed by atoms with Gasteiger partial charge in [-0.15, -0.1) is 0 Å². The van der Waals surface area contributed by atoms with E-state index in [1.54, 1.807) is 0 Å². The normalized spacial score (nSPS) is 29.7. The molecular formula is C17H32N2O2S. The van der Waals surface area contributed by atoms with Crippen molar-refractivity contribution in [2.75, 3.05) is 18.8 Å². The highest BCUT2D eigenvalue weighted by molar-refractivity contribution is 7.85. The Labute approximate surface area is 137 Å². The van der Waals surface area contributed by atoms with Crippen LogP contribution in [-0.4, -0.2) is 40.3 Å². The van der Waals surface area contributed by atoms with Crippen LogP contribution in [0.1, 0.15) is 58.8 Å². The first-order chi connectivity index (χ1) is 10.6. The molecule has 2 N–H and O–H groups in total. The van der Waals surface area contributed by atoms with Crippen molar-refractivity contribution in [3.63, 3.8) is 0 Å². The molecule has 5 heteroatoms. The van der Waals surface area contributed by atoms with Crippen LogP contribution < -0.4 is 10.6 Å². The summed E-state index contributed by atoms with van der Waals surface area (Å²) in [7, 11) is -0.722. The van der Waals surface area contributed by atoms with Crippen molar-refractivity contribution >= 4 is 16.7 Å². The molecule has 1 saturated heterocycles. The van der Waals surface area contributed by atoms with Crippen LogP contribution in [0.25, 0.3) is 0 Å². The standard InChI is InChI=1S/C17H32N2O2S/c1-3-22(21)16-6-4-5-15(12-16)19-17(20)11-13(2)14-7-9-18-10-8-14/h13-16,18H,3-12H2,1-2H3,(H,19,20). The fourth-order valence-electron chi connectivity index (χ4n) is 3.91. The molecule has 0 aromatic rings.